The summed E-state index contributed by atoms with van der Waals surface area (Å²) in [5.41, 5.74) is 7.13. The van der Waals surface area contributed by atoms with Crippen LogP contribution in [0.15, 0.2) is 15.0 Å². The molecule has 2 aromatic heterocycles. The Morgan fingerprint density at radius 3 is 2.76 bits per heavy atom. The van der Waals surface area contributed by atoms with Gasteiger partial charge in [0.15, 0.2) is 5.16 Å². The second-order valence-corrected chi connectivity index (χ2v) is 4.55. The van der Waals surface area contributed by atoms with Crippen LogP contribution in [-0.4, -0.2) is 24.5 Å². The van der Waals surface area contributed by atoms with Crippen LogP contribution in [-0.2, 0) is 13.6 Å². The van der Waals surface area contributed by atoms with Gasteiger partial charge in [-0.3, -0.25) is 9.25 Å². The fourth-order valence-electron chi connectivity index (χ4n) is 1.41. The number of nitrogen functional groups attached to an aromatic ring is 1. The molecule has 0 atom stereocenters. The number of nitrogens with two attached hydrogens (primary N) is 1. The lowest BCUT2D eigenvalue weighted by molar-refractivity contribution is 0.600. The molecule has 0 spiro atoms. The van der Waals surface area contributed by atoms with E-state index in [0.29, 0.717) is 10.8 Å². The Labute approximate surface area is 102 Å². The van der Waals surface area contributed by atoms with Crippen molar-refractivity contribution in [3.8, 4) is 0 Å². The lowest BCUT2D eigenvalue weighted by atomic mass is 10.4. The molecule has 2 heterocycles. The number of hydrogen-bond acceptors (Lipinski definition) is 5. The average molecular weight is 254 g/mol. The first kappa shape index (κ1) is 11.8. The molecule has 0 bridgehead atoms. The van der Waals surface area contributed by atoms with Gasteiger partial charge in [0.05, 0.1) is 11.4 Å². The quantitative estimate of drug-likeness (QED) is 0.825. The number of aromatic amines is 1. The Bertz CT molecular complexity index is 595. The van der Waals surface area contributed by atoms with Crippen LogP contribution in [0.25, 0.3) is 0 Å². The molecule has 0 saturated heterocycles. The maximum Gasteiger partial charge on any atom is 0.343 e. The van der Waals surface area contributed by atoms with Crippen molar-refractivity contribution in [2.75, 3.05) is 5.73 Å². The van der Waals surface area contributed by atoms with Gasteiger partial charge in [0.2, 0.25) is 0 Å². The second-order valence-electron chi connectivity index (χ2n) is 3.59. The normalized spacial score (nSPS) is 11.0. The summed E-state index contributed by atoms with van der Waals surface area (Å²) in [5, 5.41) is 12.0. The van der Waals surface area contributed by atoms with Gasteiger partial charge in [-0.25, -0.2) is 9.89 Å². The van der Waals surface area contributed by atoms with Crippen molar-refractivity contribution < 1.29 is 0 Å². The van der Waals surface area contributed by atoms with Crippen LogP contribution in [0, 0.1) is 6.92 Å². The number of nitrogens with zero attached hydrogens (tertiary/aromatic N) is 4. The third-order valence-corrected chi connectivity index (χ3v) is 3.62. The average Bonchev–Trinajstić information content (AvgIpc) is 2.76. The van der Waals surface area contributed by atoms with Crippen molar-refractivity contribution in [1.82, 2.24) is 24.5 Å². The smallest absolute Gasteiger partial charge is 0.343 e. The first-order valence-electron chi connectivity index (χ1n) is 5.16. The highest BCUT2D eigenvalue weighted by Gasteiger charge is 2.16. The summed E-state index contributed by atoms with van der Waals surface area (Å²) in [4.78, 5) is 11.3. The third kappa shape index (κ3) is 1.95. The highest BCUT2D eigenvalue weighted by atomic mass is 32.2. The Morgan fingerprint density at radius 1 is 1.53 bits per heavy atom. The molecule has 2 rings (SSSR count). The molecule has 0 unspecified atom stereocenters. The number of rotatable bonds is 3. The van der Waals surface area contributed by atoms with Crippen LogP contribution >= 0.6 is 11.8 Å². The molecular formula is C9H14N6OS. The number of hydrogen-bond donors (Lipinski definition) is 2. The molecule has 3 N–H and O–H groups in total. The Kier molecular flexibility index (Phi) is 2.97. The molecule has 0 aromatic carbocycles. The SMILES string of the molecule is CCn1nc(C)c(N)c1Sc1n[nH]c(=O)n1C. The highest BCUT2D eigenvalue weighted by molar-refractivity contribution is 7.99. The standard InChI is InChI=1S/C9H14N6OS/c1-4-15-7(6(10)5(2)13-15)17-9-12-11-8(16)14(9)3/h4,10H2,1-3H3,(H,11,16). The van der Waals surface area contributed by atoms with Crippen molar-refractivity contribution in [1.29, 1.82) is 0 Å². The summed E-state index contributed by atoms with van der Waals surface area (Å²) in [6.07, 6.45) is 0. The van der Waals surface area contributed by atoms with E-state index >= 15 is 0 Å². The summed E-state index contributed by atoms with van der Waals surface area (Å²) in [6, 6.07) is 0. The zero-order valence-corrected chi connectivity index (χ0v) is 10.7. The number of H-pyrrole nitrogens is 1. The van der Waals surface area contributed by atoms with E-state index in [1.807, 2.05) is 13.8 Å². The Balaban J connectivity index is 2.42. The number of anilines is 1. The van der Waals surface area contributed by atoms with Crippen LogP contribution in [0.4, 0.5) is 5.69 Å². The van der Waals surface area contributed by atoms with E-state index in [4.69, 9.17) is 5.73 Å². The summed E-state index contributed by atoms with van der Waals surface area (Å²) >= 11 is 1.33. The van der Waals surface area contributed by atoms with Crippen LogP contribution in [0.5, 0.6) is 0 Å². The maximum atomic E-state index is 11.3. The van der Waals surface area contributed by atoms with E-state index in [-0.39, 0.29) is 5.69 Å². The molecule has 8 heteroatoms. The Hall–Kier alpha value is -1.70. The molecule has 2 aromatic rings. The topological polar surface area (TPSA) is 94.5 Å². The lowest BCUT2D eigenvalue weighted by Crippen LogP contribution is -2.13. The fraction of sp³-hybridized carbons (Fsp3) is 0.444. The van der Waals surface area contributed by atoms with E-state index in [0.717, 1.165) is 17.3 Å². The number of nitrogens with one attached hydrogen (secondary N) is 1. The largest absolute Gasteiger partial charge is 0.395 e. The van der Waals surface area contributed by atoms with Crippen LogP contribution in [0.2, 0.25) is 0 Å². The van der Waals surface area contributed by atoms with Gasteiger partial charge in [-0.15, -0.1) is 5.10 Å². The van der Waals surface area contributed by atoms with E-state index in [2.05, 4.69) is 15.3 Å². The summed E-state index contributed by atoms with van der Waals surface area (Å²) in [6.45, 7) is 4.56. The molecule has 0 aliphatic rings. The number of aromatic nitrogens is 5. The Morgan fingerprint density at radius 2 is 2.24 bits per heavy atom. The lowest BCUT2D eigenvalue weighted by Gasteiger charge is -2.03. The summed E-state index contributed by atoms with van der Waals surface area (Å²) < 4.78 is 3.24. The van der Waals surface area contributed by atoms with Crippen LogP contribution in [0.3, 0.4) is 0 Å². The minimum atomic E-state index is -0.245. The molecular weight excluding hydrogens is 240 g/mol. The van der Waals surface area contributed by atoms with Gasteiger partial charge < -0.3 is 5.73 Å². The van der Waals surface area contributed by atoms with E-state index < -0.39 is 0 Å². The van der Waals surface area contributed by atoms with Crippen molar-refractivity contribution in [2.45, 2.75) is 30.6 Å². The minimum Gasteiger partial charge on any atom is -0.395 e. The van der Waals surface area contributed by atoms with Gasteiger partial charge in [0, 0.05) is 13.6 Å². The van der Waals surface area contributed by atoms with Gasteiger partial charge in [-0.1, -0.05) is 0 Å². The van der Waals surface area contributed by atoms with Gasteiger partial charge in [-0.2, -0.15) is 5.10 Å². The van der Waals surface area contributed by atoms with E-state index in [9.17, 15) is 4.79 Å². The predicted octanol–water partition coefficient (Wildman–Crippen LogP) is 0.367. The van der Waals surface area contributed by atoms with E-state index in [1.165, 1.54) is 16.3 Å². The van der Waals surface area contributed by atoms with Crippen LogP contribution < -0.4 is 11.4 Å². The summed E-state index contributed by atoms with van der Waals surface area (Å²) in [5.74, 6) is 0. The van der Waals surface area contributed by atoms with Gasteiger partial charge in [0.1, 0.15) is 5.03 Å². The molecule has 92 valence electrons. The van der Waals surface area contributed by atoms with Crippen molar-refractivity contribution in [3.63, 3.8) is 0 Å². The van der Waals surface area contributed by atoms with Crippen LogP contribution in [0.1, 0.15) is 12.6 Å². The molecule has 0 aliphatic carbocycles. The summed E-state index contributed by atoms with van der Waals surface area (Å²) in [7, 11) is 1.66. The molecule has 0 amide bonds. The zero-order valence-electron chi connectivity index (χ0n) is 9.89. The van der Waals surface area contributed by atoms with Gasteiger partial charge in [0.25, 0.3) is 0 Å². The second kappa shape index (κ2) is 4.28. The van der Waals surface area contributed by atoms with Gasteiger partial charge in [-0.05, 0) is 25.6 Å². The maximum absolute atomic E-state index is 11.3. The molecule has 0 radical (unpaired) electrons. The zero-order chi connectivity index (χ0) is 12.6. The number of aryl methyl sites for hydroxylation is 2. The minimum absolute atomic E-state index is 0.245. The molecule has 0 saturated carbocycles. The first-order chi connectivity index (χ1) is 8.04. The highest BCUT2D eigenvalue weighted by Crippen LogP contribution is 2.31. The predicted molar refractivity (Wildman–Crippen MR) is 65.0 cm³/mol. The molecule has 7 nitrogen and oxygen atoms in total. The van der Waals surface area contributed by atoms with Gasteiger partial charge >= 0.3 is 5.69 Å². The van der Waals surface area contributed by atoms with E-state index in [1.54, 1.807) is 11.7 Å². The molecule has 0 fully saturated rings. The molecule has 17 heavy (non-hydrogen) atoms. The van der Waals surface area contributed by atoms with Crippen molar-refractivity contribution >= 4 is 17.4 Å². The fourth-order valence-corrected chi connectivity index (χ4v) is 2.42. The van der Waals surface area contributed by atoms with Crippen molar-refractivity contribution in [3.05, 3.63) is 16.2 Å². The third-order valence-electron chi connectivity index (χ3n) is 2.45. The molecule has 0 aliphatic heterocycles. The monoisotopic (exact) mass is 254 g/mol. The first-order valence-corrected chi connectivity index (χ1v) is 5.98. The van der Waals surface area contributed by atoms with Crippen molar-refractivity contribution in [2.24, 2.45) is 7.05 Å².